The molecule has 1 aromatic rings. The van der Waals surface area contributed by atoms with Crippen molar-refractivity contribution >= 4 is 29.6 Å². The number of ether oxygens (including phenoxy) is 2. The number of hydrogen-bond donors (Lipinski definition) is 0. The van der Waals surface area contributed by atoms with Gasteiger partial charge in [-0.2, -0.15) is 0 Å². The third kappa shape index (κ3) is 3.09. The third-order valence-corrected chi connectivity index (χ3v) is 5.82. The van der Waals surface area contributed by atoms with Gasteiger partial charge in [-0.25, -0.2) is 9.79 Å². The molecule has 0 N–H and O–H groups in total. The summed E-state index contributed by atoms with van der Waals surface area (Å²) in [6, 6.07) is 6.21. The highest BCUT2D eigenvalue weighted by atomic mass is 16.5. The lowest BCUT2D eigenvalue weighted by molar-refractivity contribution is -0.150. The van der Waals surface area contributed by atoms with Gasteiger partial charge in [-0.15, -0.1) is 0 Å². The van der Waals surface area contributed by atoms with E-state index in [1.54, 1.807) is 21.1 Å². The number of rotatable bonds is 5. The van der Waals surface area contributed by atoms with E-state index in [9.17, 15) is 14.4 Å². The van der Waals surface area contributed by atoms with E-state index in [0.717, 1.165) is 27.7 Å². The van der Waals surface area contributed by atoms with Crippen molar-refractivity contribution in [2.45, 2.75) is 33.0 Å². The molecule has 1 fully saturated rings. The van der Waals surface area contributed by atoms with Crippen LogP contribution in [0.25, 0.3) is 0 Å². The summed E-state index contributed by atoms with van der Waals surface area (Å²) in [6.07, 6.45) is -0.683. The van der Waals surface area contributed by atoms with Gasteiger partial charge in [0, 0.05) is 24.1 Å². The molecule has 164 valence electrons. The van der Waals surface area contributed by atoms with Gasteiger partial charge in [0.2, 0.25) is 5.96 Å². The van der Waals surface area contributed by atoms with Crippen LogP contribution in [0.5, 0.6) is 5.75 Å². The highest BCUT2D eigenvalue weighted by Crippen LogP contribution is 2.40. The number of benzene rings is 1. The summed E-state index contributed by atoms with van der Waals surface area (Å²) in [4.78, 5) is 49.0. The van der Waals surface area contributed by atoms with Gasteiger partial charge < -0.3 is 14.4 Å². The molecule has 0 aromatic heterocycles. The molecule has 0 spiro atoms. The molecule has 10 heteroatoms. The fraction of sp³-hybridized carbons (Fsp3) is 0.429. The average Bonchev–Trinajstić information content (AvgIpc) is 3.25. The predicted octanol–water partition coefficient (Wildman–Crippen LogP) is 1.59. The molecule has 4 rings (SSSR count). The number of carbonyl (C=O) groups is 3. The van der Waals surface area contributed by atoms with Gasteiger partial charge in [-0.05, 0) is 45.0 Å². The first-order chi connectivity index (χ1) is 14.8. The maximum absolute atomic E-state index is 13.3. The molecule has 2 unspecified atom stereocenters. The number of methoxy groups -OCH3 is 1. The number of esters is 1. The van der Waals surface area contributed by atoms with Crippen LogP contribution < -0.4 is 9.64 Å². The van der Waals surface area contributed by atoms with Gasteiger partial charge >= 0.3 is 12.0 Å². The first-order valence-electron chi connectivity index (χ1n) is 10.0. The SMILES string of the molecule is CCOC(=O)CN1C(=O)C2C(N=C3N(c4ccc(OC)cc4)C(C)=C(C)N32)N(C)C1=O. The Morgan fingerprint density at radius 1 is 1.13 bits per heavy atom. The molecule has 10 nitrogen and oxygen atoms in total. The molecular formula is C21H25N5O5. The molecule has 3 heterocycles. The van der Waals surface area contributed by atoms with E-state index in [0.29, 0.717) is 5.96 Å². The van der Waals surface area contributed by atoms with Crippen molar-refractivity contribution in [2.75, 3.05) is 32.2 Å². The Labute approximate surface area is 180 Å². The molecule has 0 saturated carbocycles. The summed E-state index contributed by atoms with van der Waals surface area (Å²) in [7, 11) is 3.19. The quantitative estimate of drug-likeness (QED) is 0.659. The van der Waals surface area contributed by atoms with Crippen molar-refractivity contribution < 1.29 is 23.9 Å². The van der Waals surface area contributed by atoms with Gasteiger partial charge in [0.15, 0.2) is 12.2 Å². The number of carbonyl (C=O) groups excluding carboxylic acids is 3. The van der Waals surface area contributed by atoms with E-state index >= 15 is 0 Å². The number of hydrogen-bond acceptors (Lipinski definition) is 8. The van der Waals surface area contributed by atoms with Gasteiger partial charge in [0.05, 0.1) is 13.7 Å². The molecule has 3 aliphatic heterocycles. The van der Waals surface area contributed by atoms with E-state index in [4.69, 9.17) is 14.5 Å². The number of urea groups is 1. The minimum atomic E-state index is -0.745. The number of likely N-dealkylation sites (N-methyl/N-ethyl adjacent to an activating group) is 1. The maximum Gasteiger partial charge on any atom is 0.328 e. The molecule has 3 aliphatic rings. The van der Waals surface area contributed by atoms with E-state index in [1.165, 1.54) is 4.90 Å². The van der Waals surface area contributed by atoms with E-state index in [1.807, 2.05) is 47.9 Å². The standard InChI is InChI=1S/C21H25N5O5/c1-6-31-16(27)11-24-19(28)17-18(23(4)21(24)29)22-20-25(12(2)13(3)26(17)20)14-7-9-15(30-5)10-8-14/h7-10,17-18H,6,11H2,1-5H3. The fourth-order valence-corrected chi connectivity index (χ4v) is 4.13. The van der Waals surface area contributed by atoms with Crippen LogP contribution in [0.1, 0.15) is 20.8 Å². The Bertz CT molecular complexity index is 1000. The summed E-state index contributed by atoms with van der Waals surface area (Å²) in [5, 5.41) is 0. The number of fused-ring (bicyclic) bond motifs is 3. The number of aliphatic imine (C=N–C) groups is 1. The van der Waals surface area contributed by atoms with Crippen LogP contribution in [0.2, 0.25) is 0 Å². The fourth-order valence-electron chi connectivity index (χ4n) is 4.13. The van der Waals surface area contributed by atoms with Gasteiger partial charge in [0.25, 0.3) is 5.91 Å². The van der Waals surface area contributed by atoms with Crippen molar-refractivity contribution in [3.05, 3.63) is 35.7 Å². The molecule has 0 radical (unpaired) electrons. The third-order valence-electron chi connectivity index (χ3n) is 5.82. The largest absolute Gasteiger partial charge is 0.497 e. The first kappa shape index (κ1) is 20.7. The minimum Gasteiger partial charge on any atom is -0.497 e. The lowest BCUT2D eigenvalue weighted by Gasteiger charge is -2.40. The van der Waals surface area contributed by atoms with Gasteiger partial charge in [0.1, 0.15) is 12.3 Å². The Balaban J connectivity index is 1.69. The first-order valence-corrected chi connectivity index (χ1v) is 10.0. The summed E-state index contributed by atoms with van der Waals surface area (Å²) >= 11 is 0. The number of amides is 3. The Morgan fingerprint density at radius 3 is 2.42 bits per heavy atom. The van der Waals surface area contributed by atoms with E-state index in [2.05, 4.69) is 0 Å². The van der Waals surface area contributed by atoms with Crippen LogP contribution in [0.15, 0.2) is 40.7 Å². The highest BCUT2D eigenvalue weighted by molar-refractivity contribution is 6.11. The van der Waals surface area contributed by atoms with Crippen LogP contribution in [-0.4, -0.2) is 78.1 Å². The van der Waals surface area contributed by atoms with Gasteiger partial charge in [-0.1, -0.05) is 0 Å². The molecule has 1 saturated heterocycles. The van der Waals surface area contributed by atoms with Crippen LogP contribution >= 0.6 is 0 Å². The molecule has 2 atom stereocenters. The van der Waals surface area contributed by atoms with E-state index in [-0.39, 0.29) is 6.61 Å². The molecular weight excluding hydrogens is 402 g/mol. The molecule has 31 heavy (non-hydrogen) atoms. The number of anilines is 1. The van der Waals surface area contributed by atoms with Crippen LogP contribution in [0, 0.1) is 0 Å². The second kappa shape index (κ2) is 7.60. The summed E-state index contributed by atoms with van der Waals surface area (Å²) in [6.45, 7) is 5.29. The number of guanidine groups is 1. The molecule has 0 bridgehead atoms. The van der Waals surface area contributed by atoms with Crippen LogP contribution in [-0.2, 0) is 14.3 Å². The maximum atomic E-state index is 13.3. The Morgan fingerprint density at radius 2 is 1.81 bits per heavy atom. The van der Waals surface area contributed by atoms with Crippen molar-refractivity contribution in [1.29, 1.82) is 0 Å². The lowest BCUT2D eigenvalue weighted by Crippen LogP contribution is -2.65. The zero-order valence-electron chi connectivity index (χ0n) is 18.2. The van der Waals surface area contributed by atoms with Crippen molar-refractivity contribution in [3.63, 3.8) is 0 Å². The zero-order valence-corrected chi connectivity index (χ0v) is 18.2. The summed E-state index contributed by atoms with van der Waals surface area (Å²) < 4.78 is 10.2. The highest BCUT2D eigenvalue weighted by Gasteiger charge is 2.56. The predicted molar refractivity (Wildman–Crippen MR) is 112 cm³/mol. The van der Waals surface area contributed by atoms with Crippen molar-refractivity contribution in [1.82, 2.24) is 14.7 Å². The summed E-state index contributed by atoms with van der Waals surface area (Å²) in [5.74, 6) is 0.208. The lowest BCUT2D eigenvalue weighted by atomic mass is 10.1. The van der Waals surface area contributed by atoms with Crippen molar-refractivity contribution in [3.8, 4) is 5.75 Å². The second-order valence-corrected chi connectivity index (χ2v) is 7.48. The monoisotopic (exact) mass is 427 g/mol. The van der Waals surface area contributed by atoms with Crippen LogP contribution in [0.3, 0.4) is 0 Å². The summed E-state index contributed by atoms with van der Waals surface area (Å²) in [5.41, 5.74) is 2.64. The Hall–Kier alpha value is -3.56. The number of imide groups is 1. The van der Waals surface area contributed by atoms with E-state index < -0.39 is 36.7 Å². The number of allylic oxidation sites excluding steroid dienone is 2. The smallest absolute Gasteiger partial charge is 0.328 e. The minimum absolute atomic E-state index is 0.175. The Kier molecular flexibility index (Phi) is 5.08. The second-order valence-electron chi connectivity index (χ2n) is 7.48. The molecule has 3 amide bonds. The normalized spacial score (nSPS) is 22.7. The van der Waals surface area contributed by atoms with Gasteiger partial charge in [-0.3, -0.25) is 24.3 Å². The number of nitrogens with zero attached hydrogens (tertiary/aromatic N) is 5. The zero-order chi connectivity index (χ0) is 22.4. The topological polar surface area (TPSA) is 95.0 Å². The molecule has 0 aliphatic carbocycles. The average molecular weight is 427 g/mol. The van der Waals surface area contributed by atoms with Crippen molar-refractivity contribution in [2.24, 2.45) is 4.99 Å². The molecule has 1 aromatic carbocycles. The van der Waals surface area contributed by atoms with Crippen LogP contribution in [0.4, 0.5) is 10.5 Å².